The van der Waals surface area contributed by atoms with Crippen molar-refractivity contribution in [1.82, 2.24) is 0 Å². The Morgan fingerprint density at radius 1 is 1.20 bits per heavy atom. The third-order valence-electron chi connectivity index (χ3n) is 2.65. The number of hydrogen-bond donors (Lipinski definition) is 2. The average Bonchev–Trinajstić information content (AvgIpc) is 2.41. The van der Waals surface area contributed by atoms with E-state index in [4.69, 9.17) is 33.7 Å². The third kappa shape index (κ3) is 3.15. The van der Waals surface area contributed by atoms with Crippen LogP contribution in [0.2, 0.25) is 10.0 Å². The summed E-state index contributed by atoms with van der Waals surface area (Å²) in [6, 6.07) is 9.63. The van der Waals surface area contributed by atoms with Gasteiger partial charge in [-0.3, -0.25) is 4.79 Å². The maximum Gasteiger partial charge on any atom is 0.259 e. The average molecular weight is 311 g/mol. The summed E-state index contributed by atoms with van der Waals surface area (Å²) in [5.41, 5.74) is 7.01. The molecule has 2 aromatic carbocycles. The van der Waals surface area contributed by atoms with Gasteiger partial charge in [-0.05, 0) is 30.3 Å². The Morgan fingerprint density at radius 3 is 2.60 bits per heavy atom. The molecule has 0 heterocycles. The summed E-state index contributed by atoms with van der Waals surface area (Å²) in [5, 5.41) is 3.56. The molecule has 4 nitrogen and oxygen atoms in total. The van der Waals surface area contributed by atoms with E-state index in [0.29, 0.717) is 32.7 Å². The smallest absolute Gasteiger partial charge is 0.259 e. The van der Waals surface area contributed by atoms with E-state index in [2.05, 4.69) is 5.32 Å². The van der Waals surface area contributed by atoms with Gasteiger partial charge >= 0.3 is 0 Å². The van der Waals surface area contributed by atoms with E-state index >= 15 is 0 Å². The first-order valence-electron chi connectivity index (χ1n) is 5.71. The minimum atomic E-state index is -0.342. The van der Waals surface area contributed by atoms with Crippen LogP contribution in [0, 0.1) is 0 Å². The van der Waals surface area contributed by atoms with E-state index in [-0.39, 0.29) is 5.91 Å². The molecule has 1 amide bonds. The number of nitrogens with two attached hydrogens (primary N) is 1. The Balaban J connectivity index is 2.28. The number of ether oxygens (including phenoxy) is 1. The second-order valence-corrected chi connectivity index (χ2v) is 4.88. The van der Waals surface area contributed by atoms with Crippen molar-refractivity contribution in [1.29, 1.82) is 0 Å². The van der Waals surface area contributed by atoms with Crippen molar-refractivity contribution >= 4 is 40.5 Å². The summed E-state index contributed by atoms with van der Waals surface area (Å²) in [5.74, 6) is 0.0543. The van der Waals surface area contributed by atoms with Crippen LogP contribution in [0.1, 0.15) is 10.4 Å². The SMILES string of the molecule is COc1cc(N)ccc1C(=O)Nc1ccc(Cl)cc1Cl. The highest BCUT2D eigenvalue weighted by Gasteiger charge is 2.14. The molecule has 20 heavy (non-hydrogen) atoms. The molecule has 0 spiro atoms. The van der Waals surface area contributed by atoms with E-state index in [0.717, 1.165) is 0 Å². The van der Waals surface area contributed by atoms with Crippen molar-refractivity contribution in [3.63, 3.8) is 0 Å². The van der Waals surface area contributed by atoms with Crippen LogP contribution in [0.4, 0.5) is 11.4 Å². The minimum Gasteiger partial charge on any atom is -0.496 e. The summed E-state index contributed by atoms with van der Waals surface area (Å²) in [6.45, 7) is 0. The maximum atomic E-state index is 12.2. The summed E-state index contributed by atoms with van der Waals surface area (Å²) >= 11 is 11.8. The highest BCUT2D eigenvalue weighted by Crippen LogP contribution is 2.27. The third-order valence-corrected chi connectivity index (χ3v) is 3.20. The van der Waals surface area contributed by atoms with Gasteiger partial charge in [0.15, 0.2) is 0 Å². The second-order valence-electron chi connectivity index (χ2n) is 4.04. The fourth-order valence-corrected chi connectivity index (χ4v) is 2.13. The molecule has 0 unspecified atom stereocenters. The molecule has 0 radical (unpaired) electrons. The maximum absolute atomic E-state index is 12.2. The minimum absolute atomic E-state index is 0.342. The Bertz CT molecular complexity index is 660. The van der Waals surface area contributed by atoms with Crippen LogP contribution < -0.4 is 15.8 Å². The van der Waals surface area contributed by atoms with Gasteiger partial charge in [0.2, 0.25) is 0 Å². The van der Waals surface area contributed by atoms with Gasteiger partial charge in [0, 0.05) is 16.8 Å². The van der Waals surface area contributed by atoms with Crippen LogP contribution in [-0.2, 0) is 0 Å². The van der Waals surface area contributed by atoms with Crippen LogP contribution in [0.15, 0.2) is 36.4 Å². The van der Waals surface area contributed by atoms with Gasteiger partial charge in [0.1, 0.15) is 5.75 Å². The van der Waals surface area contributed by atoms with E-state index in [9.17, 15) is 4.79 Å². The topological polar surface area (TPSA) is 64.3 Å². The predicted molar refractivity (Wildman–Crippen MR) is 81.8 cm³/mol. The second kappa shape index (κ2) is 6.03. The number of carbonyl (C=O) groups is 1. The number of anilines is 2. The van der Waals surface area contributed by atoms with Gasteiger partial charge < -0.3 is 15.8 Å². The zero-order valence-electron chi connectivity index (χ0n) is 10.6. The molecule has 0 aliphatic carbocycles. The van der Waals surface area contributed by atoms with E-state index in [1.807, 2.05) is 0 Å². The quantitative estimate of drug-likeness (QED) is 0.847. The summed E-state index contributed by atoms with van der Waals surface area (Å²) < 4.78 is 5.14. The molecule has 0 saturated carbocycles. The fourth-order valence-electron chi connectivity index (χ4n) is 1.68. The highest BCUT2D eigenvalue weighted by atomic mass is 35.5. The standard InChI is InChI=1S/C14H12Cl2N2O2/c1-20-13-7-9(17)3-4-10(13)14(19)18-12-5-2-8(15)6-11(12)16/h2-7H,17H2,1H3,(H,18,19). The number of nitrogen functional groups attached to an aromatic ring is 1. The molecule has 0 aliphatic rings. The van der Waals surface area contributed by atoms with Crippen molar-refractivity contribution in [3.8, 4) is 5.75 Å². The number of benzene rings is 2. The molecule has 2 aromatic rings. The Labute approximate surface area is 126 Å². The van der Waals surface area contributed by atoms with E-state index in [1.165, 1.54) is 7.11 Å². The zero-order chi connectivity index (χ0) is 14.7. The number of hydrogen-bond acceptors (Lipinski definition) is 3. The number of halogens is 2. The number of nitrogens with one attached hydrogen (secondary N) is 1. The number of rotatable bonds is 3. The molecular weight excluding hydrogens is 299 g/mol. The van der Waals surface area contributed by atoms with Gasteiger partial charge in [-0.1, -0.05) is 23.2 Å². The lowest BCUT2D eigenvalue weighted by molar-refractivity contribution is 0.102. The Hall–Kier alpha value is -1.91. The molecule has 0 aromatic heterocycles. The van der Waals surface area contributed by atoms with Crippen LogP contribution in [-0.4, -0.2) is 13.0 Å². The first-order valence-corrected chi connectivity index (χ1v) is 6.47. The molecule has 2 rings (SSSR count). The summed E-state index contributed by atoms with van der Waals surface area (Å²) in [6.07, 6.45) is 0. The van der Waals surface area contributed by atoms with Gasteiger partial charge in [-0.25, -0.2) is 0 Å². The van der Waals surface area contributed by atoms with Gasteiger partial charge in [-0.2, -0.15) is 0 Å². The number of amides is 1. The molecule has 0 atom stereocenters. The first kappa shape index (κ1) is 14.5. The monoisotopic (exact) mass is 310 g/mol. The van der Waals surface area contributed by atoms with Gasteiger partial charge in [-0.15, -0.1) is 0 Å². The lowest BCUT2D eigenvalue weighted by Crippen LogP contribution is -2.13. The molecule has 0 aliphatic heterocycles. The highest BCUT2D eigenvalue weighted by molar-refractivity contribution is 6.36. The molecule has 6 heteroatoms. The van der Waals surface area contributed by atoms with Gasteiger partial charge in [0.05, 0.1) is 23.4 Å². The predicted octanol–water partition coefficient (Wildman–Crippen LogP) is 3.84. The summed E-state index contributed by atoms with van der Waals surface area (Å²) in [4.78, 5) is 12.2. The molecule has 0 saturated heterocycles. The fraction of sp³-hybridized carbons (Fsp3) is 0.0714. The van der Waals surface area contributed by atoms with Crippen LogP contribution >= 0.6 is 23.2 Å². The first-order chi connectivity index (χ1) is 9.51. The van der Waals surface area contributed by atoms with Crippen LogP contribution in [0.5, 0.6) is 5.75 Å². The zero-order valence-corrected chi connectivity index (χ0v) is 12.1. The van der Waals surface area contributed by atoms with Crippen molar-refractivity contribution in [2.24, 2.45) is 0 Å². The Kier molecular flexibility index (Phi) is 4.37. The number of carbonyl (C=O) groups excluding carboxylic acids is 1. The molecule has 0 fully saturated rings. The van der Waals surface area contributed by atoms with Gasteiger partial charge in [0.25, 0.3) is 5.91 Å². The molecular formula is C14H12Cl2N2O2. The number of methoxy groups -OCH3 is 1. The lowest BCUT2D eigenvalue weighted by atomic mass is 10.1. The van der Waals surface area contributed by atoms with Crippen molar-refractivity contribution in [2.45, 2.75) is 0 Å². The largest absolute Gasteiger partial charge is 0.496 e. The van der Waals surface area contributed by atoms with Crippen LogP contribution in [0.3, 0.4) is 0 Å². The van der Waals surface area contributed by atoms with Crippen molar-refractivity contribution in [3.05, 3.63) is 52.0 Å². The normalized spacial score (nSPS) is 10.2. The van der Waals surface area contributed by atoms with E-state index < -0.39 is 0 Å². The van der Waals surface area contributed by atoms with Crippen LogP contribution in [0.25, 0.3) is 0 Å². The summed E-state index contributed by atoms with van der Waals surface area (Å²) in [7, 11) is 1.47. The Morgan fingerprint density at radius 2 is 1.95 bits per heavy atom. The van der Waals surface area contributed by atoms with E-state index in [1.54, 1.807) is 36.4 Å². The molecule has 104 valence electrons. The molecule has 3 N–H and O–H groups in total. The van der Waals surface area contributed by atoms with Crippen molar-refractivity contribution in [2.75, 3.05) is 18.2 Å². The van der Waals surface area contributed by atoms with Crippen molar-refractivity contribution < 1.29 is 9.53 Å². The molecule has 0 bridgehead atoms. The lowest BCUT2D eigenvalue weighted by Gasteiger charge is -2.11.